The Balaban J connectivity index is 1.36. The van der Waals surface area contributed by atoms with Crippen LogP contribution in [0.1, 0.15) is 36.1 Å². The van der Waals surface area contributed by atoms with Gasteiger partial charge in [0.25, 0.3) is 0 Å². The fourth-order valence-corrected chi connectivity index (χ4v) is 3.37. The highest BCUT2D eigenvalue weighted by Crippen LogP contribution is 2.13. The summed E-state index contributed by atoms with van der Waals surface area (Å²) in [6.45, 7) is 4.63. The lowest BCUT2D eigenvalue weighted by molar-refractivity contribution is -0.120. The molecule has 0 bridgehead atoms. The van der Waals surface area contributed by atoms with Gasteiger partial charge in [-0.1, -0.05) is 30.7 Å². The molecule has 1 aromatic heterocycles. The molecule has 1 saturated heterocycles. The van der Waals surface area contributed by atoms with Crippen LogP contribution in [0.4, 0.5) is 0 Å². The van der Waals surface area contributed by atoms with Gasteiger partial charge in [-0.25, -0.2) is 0 Å². The average molecular weight is 398 g/mol. The minimum absolute atomic E-state index is 0.119. The molecule has 1 aromatic carbocycles. The summed E-state index contributed by atoms with van der Waals surface area (Å²) in [4.78, 5) is 18.6. The second kappa shape index (κ2) is 11.3. The van der Waals surface area contributed by atoms with Gasteiger partial charge in [-0.3, -0.25) is 14.7 Å². The van der Waals surface area contributed by atoms with Crippen molar-refractivity contribution in [3.05, 3.63) is 59.5 Å². The summed E-state index contributed by atoms with van der Waals surface area (Å²) in [5.41, 5.74) is 2.53. The summed E-state index contributed by atoms with van der Waals surface area (Å²) >= 11 is 0. The zero-order valence-corrected chi connectivity index (χ0v) is 17.1. The van der Waals surface area contributed by atoms with E-state index in [1.165, 1.54) is 43.5 Å². The fraction of sp³-hybridized carbons (Fsp3) is 0.455. The molecule has 0 atom stereocenters. The lowest BCUT2D eigenvalue weighted by Crippen LogP contribution is -2.42. The summed E-state index contributed by atoms with van der Waals surface area (Å²) in [6, 6.07) is 12.3. The first-order chi connectivity index (χ1) is 14.2. The van der Waals surface area contributed by atoms with Gasteiger partial charge in [0.2, 0.25) is 5.91 Å². The minimum Gasteiger partial charge on any atom is -0.467 e. The molecule has 0 radical (unpaired) electrons. The van der Waals surface area contributed by atoms with E-state index < -0.39 is 0 Å². The first-order valence-corrected chi connectivity index (χ1v) is 10.3. The molecule has 0 saturated carbocycles. The van der Waals surface area contributed by atoms with Crippen LogP contribution in [0.3, 0.4) is 0 Å². The summed E-state index contributed by atoms with van der Waals surface area (Å²) in [5.74, 6) is 1.20. The van der Waals surface area contributed by atoms with Gasteiger partial charge in [-0.15, -0.1) is 0 Å². The molecular formula is C22H31N5O2. The lowest BCUT2D eigenvalue weighted by Gasteiger charge is -2.26. The Kier molecular flexibility index (Phi) is 8.12. The zero-order valence-electron chi connectivity index (χ0n) is 17.1. The van der Waals surface area contributed by atoms with Crippen molar-refractivity contribution in [1.82, 2.24) is 20.9 Å². The van der Waals surface area contributed by atoms with Gasteiger partial charge >= 0.3 is 0 Å². The van der Waals surface area contributed by atoms with Crippen LogP contribution in [0.5, 0.6) is 0 Å². The maximum Gasteiger partial charge on any atom is 0.239 e. The molecule has 7 nitrogen and oxygen atoms in total. The molecule has 2 aromatic rings. The molecule has 3 N–H and O–H groups in total. The van der Waals surface area contributed by atoms with Crippen molar-refractivity contribution < 1.29 is 9.21 Å². The van der Waals surface area contributed by atoms with Crippen LogP contribution in [-0.2, 0) is 24.4 Å². The highest BCUT2D eigenvalue weighted by Gasteiger charge is 2.10. The topological polar surface area (TPSA) is 81.9 Å². The summed E-state index contributed by atoms with van der Waals surface area (Å²) in [6.07, 6.45) is 5.58. The number of rotatable bonds is 8. The molecule has 1 aliphatic heterocycles. The normalized spacial score (nSPS) is 15.1. The van der Waals surface area contributed by atoms with Crippen LogP contribution in [-0.4, -0.2) is 43.4 Å². The molecule has 156 valence electrons. The largest absolute Gasteiger partial charge is 0.467 e. The van der Waals surface area contributed by atoms with E-state index in [1.807, 2.05) is 6.07 Å². The van der Waals surface area contributed by atoms with Gasteiger partial charge in [0.15, 0.2) is 5.96 Å². The van der Waals surface area contributed by atoms with Crippen molar-refractivity contribution in [2.24, 2.45) is 4.99 Å². The Morgan fingerprint density at radius 3 is 2.45 bits per heavy atom. The highest BCUT2D eigenvalue weighted by atomic mass is 16.3. The number of benzene rings is 1. The van der Waals surface area contributed by atoms with Crippen molar-refractivity contribution in [1.29, 1.82) is 0 Å². The summed E-state index contributed by atoms with van der Waals surface area (Å²) in [7, 11) is 1.69. The molecule has 0 unspecified atom stereocenters. The number of hydrogen-bond donors (Lipinski definition) is 3. The van der Waals surface area contributed by atoms with Crippen LogP contribution in [0.25, 0.3) is 0 Å². The van der Waals surface area contributed by atoms with Crippen LogP contribution in [0, 0.1) is 0 Å². The van der Waals surface area contributed by atoms with Crippen LogP contribution < -0.4 is 16.0 Å². The van der Waals surface area contributed by atoms with Crippen molar-refractivity contribution in [3.63, 3.8) is 0 Å². The van der Waals surface area contributed by atoms with Crippen molar-refractivity contribution >= 4 is 11.9 Å². The molecule has 1 amide bonds. The molecule has 29 heavy (non-hydrogen) atoms. The SMILES string of the molecule is CN=C(NCC(=O)NCc1ccco1)NCc1ccc(CN2CCCCC2)cc1. The molecule has 3 rings (SSSR count). The first-order valence-electron chi connectivity index (χ1n) is 10.3. The van der Waals surface area contributed by atoms with E-state index >= 15 is 0 Å². The molecule has 7 heteroatoms. The first kappa shape index (κ1) is 20.9. The number of carbonyl (C=O) groups excluding carboxylic acids is 1. The third-order valence-corrected chi connectivity index (χ3v) is 5.02. The number of furan rings is 1. The van der Waals surface area contributed by atoms with Gasteiger partial charge in [0.05, 0.1) is 19.4 Å². The quantitative estimate of drug-likeness (QED) is 0.470. The number of amides is 1. The number of piperidine rings is 1. The molecule has 0 spiro atoms. The maximum atomic E-state index is 11.9. The predicted molar refractivity (Wildman–Crippen MR) is 114 cm³/mol. The van der Waals surface area contributed by atoms with E-state index in [1.54, 1.807) is 19.4 Å². The summed E-state index contributed by atoms with van der Waals surface area (Å²) in [5, 5.41) is 9.06. The number of aliphatic imine (C=N–C) groups is 1. The second-order valence-corrected chi connectivity index (χ2v) is 7.29. The van der Waals surface area contributed by atoms with Gasteiger partial charge in [-0.05, 0) is 49.2 Å². The highest BCUT2D eigenvalue weighted by molar-refractivity contribution is 5.86. The van der Waals surface area contributed by atoms with Crippen molar-refractivity contribution in [3.8, 4) is 0 Å². The van der Waals surface area contributed by atoms with Gasteiger partial charge in [-0.2, -0.15) is 0 Å². The number of carbonyl (C=O) groups is 1. The third-order valence-electron chi connectivity index (χ3n) is 5.02. The Labute approximate surface area is 172 Å². The van der Waals surface area contributed by atoms with Crippen LogP contribution in [0.2, 0.25) is 0 Å². The van der Waals surface area contributed by atoms with Gasteiger partial charge < -0.3 is 20.4 Å². The molecule has 0 aliphatic carbocycles. The third kappa shape index (κ3) is 7.27. The van der Waals surface area contributed by atoms with Crippen LogP contribution in [0.15, 0.2) is 52.1 Å². The Bertz CT molecular complexity index is 765. The molecule has 1 aliphatic rings. The maximum absolute atomic E-state index is 11.9. The Morgan fingerprint density at radius 2 is 1.76 bits per heavy atom. The Morgan fingerprint density at radius 1 is 1.00 bits per heavy atom. The molecular weight excluding hydrogens is 366 g/mol. The number of likely N-dealkylation sites (tertiary alicyclic amines) is 1. The number of nitrogens with zero attached hydrogens (tertiary/aromatic N) is 2. The predicted octanol–water partition coefficient (Wildman–Crippen LogP) is 2.25. The smallest absolute Gasteiger partial charge is 0.239 e. The van der Waals surface area contributed by atoms with E-state index in [4.69, 9.17) is 4.42 Å². The van der Waals surface area contributed by atoms with E-state index in [9.17, 15) is 4.79 Å². The number of guanidine groups is 1. The monoisotopic (exact) mass is 397 g/mol. The van der Waals surface area contributed by atoms with E-state index in [0.29, 0.717) is 19.0 Å². The van der Waals surface area contributed by atoms with Crippen molar-refractivity contribution in [2.75, 3.05) is 26.7 Å². The van der Waals surface area contributed by atoms with Crippen LogP contribution >= 0.6 is 0 Å². The van der Waals surface area contributed by atoms with Gasteiger partial charge in [0.1, 0.15) is 5.76 Å². The second-order valence-electron chi connectivity index (χ2n) is 7.29. The van der Waals surface area contributed by atoms with E-state index in [0.717, 1.165) is 12.3 Å². The number of nitrogens with one attached hydrogen (secondary N) is 3. The van der Waals surface area contributed by atoms with E-state index in [2.05, 4.69) is 50.1 Å². The number of hydrogen-bond acceptors (Lipinski definition) is 4. The average Bonchev–Trinajstić information content (AvgIpc) is 3.28. The van der Waals surface area contributed by atoms with Gasteiger partial charge in [0, 0.05) is 20.1 Å². The Hall–Kier alpha value is -2.80. The van der Waals surface area contributed by atoms with E-state index in [-0.39, 0.29) is 12.5 Å². The lowest BCUT2D eigenvalue weighted by atomic mass is 10.1. The fourth-order valence-electron chi connectivity index (χ4n) is 3.37. The minimum atomic E-state index is -0.119. The molecule has 2 heterocycles. The zero-order chi connectivity index (χ0) is 20.3. The molecule has 1 fully saturated rings. The summed E-state index contributed by atoms with van der Waals surface area (Å²) < 4.78 is 5.20. The van der Waals surface area contributed by atoms with Crippen molar-refractivity contribution in [2.45, 2.75) is 38.9 Å². The standard InChI is InChI=1S/C22H31N5O2/c1-23-22(26-16-21(28)24-15-20-6-5-13-29-20)25-14-18-7-9-19(10-8-18)17-27-11-3-2-4-12-27/h5-10,13H,2-4,11-12,14-17H2,1H3,(H,24,28)(H2,23,25,26).